The zero-order valence-electron chi connectivity index (χ0n) is 18.1. The Morgan fingerprint density at radius 1 is 1.06 bits per heavy atom. The van der Waals surface area contributed by atoms with E-state index in [0.717, 1.165) is 25.8 Å². The fourth-order valence-electron chi connectivity index (χ4n) is 5.37. The Labute approximate surface area is 182 Å². The molecule has 0 saturated heterocycles. The van der Waals surface area contributed by atoms with E-state index >= 15 is 0 Å². The highest BCUT2D eigenvalue weighted by atomic mass is 16.5. The van der Waals surface area contributed by atoms with E-state index in [1.807, 2.05) is 6.07 Å². The molecule has 1 N–H and O–H groups in total. The minimum atomic E-state index is -1.15. The van der Waals surface area contributed by atoms with Crippen molar-refractivity contribution in [3.05, 3.63) is 71.4 Å². The molecule has 3 aromatic rings. The molecule has 0 radical (unpaired) electrons. The quantitative estimate of drug-likeness (QED) is 0.428. The molecule has 1 aromatic heterocycles. The zero-order chi connectivity index (χ0) is 22.0. The van der Waals surface area contributed by atoms with Gasteiger partial charge in [0.15, 0.2) is 0 Å². The zero-order valence-corrected chi connectivity index (χ0v) is 18.1. The molecule has 0 fully saturated rings. The summed E-state index contributed by atoms with van der Waals surface area (Å²) in [6.45, 7) is 5.02. The molecular formula is C26H29NO4. The predicted molar refractivity (Wildman–Crippen MR) is 120 cm³/mol. The maximum Gasteiger partial charge on any atom is 0.317 e. The summed E-state index contributed by atoms with van der Waals surface area (Å²) < 4.78 is 8.22. The third-order valence-corrected chi connectivity index (χ3v) is 6.83. The molecule has 0 spiro atoms. The van der Waals surface area contributed by atoms with Crippen LogP contribution < -0.4 is 0 Å². The number of aliphatic carboxylic acids is 1. The summed E-state index contributed by atoms with van der Waals surface area (Å²) in [6, 6.07) is 18.9. The van der Waals surface area contributed by atoms with Gasteiger partial charge in [0.2, 0.25) is 0 Å². The lowest BCUT2D eigenvalue weighted by Crippen LogP contribution is -2.46. The summed E-state index contributed by atoms with van der Waals surface area (Å²) in [5.74, 6) is -1.81. The molecule has 0 bridgehead atoms. The highest BCUT2D eigenvalue weighted by molar-refractivity contribution is 5.90. The Morgan fingerprint density at radius 3 is 2.42 bits per heavy atom. The molecule has 162 valence electrons. The van der Waals surface area contributed by atoms with Gasteiger partial charge in [0.05, 0.1) is 0 Å². The number of nitrogens with zero attached hydrogens (tertiary/aromatic N) is 1. The summed E-state index contributed by atoms with van der Waals surface area (Å²) in [5.41, 5.74) is 4.63. The normalized spacial score (nSPS) is 17.3. The standard InChI is InChI=1S/C26H29NO4/c1-3-26(4-2)22(31-24(30)16-23(28)29)15-14-20-19-12-8-9-13-21(19)27(25(20)26)17-18-10-6-5-7-11-18/h5-13,22H,3-4,14-17H2,1-2H3,(H,28,29). The number of carbonyl (C=O) groups is 2. The van der Waals surface area contributed by atoms with Crippen LogP contribution in [0.4, 0.5) is 0 Å². The van der Waals surface area contributed by atoms with Gasteiger partial charge in [0, 0.05) is 28.6 Å². The number of carboxylic acids is 1. The van der Waals surface area contributed by atoms with Crippen molar-refractivity contribution in [2.75, 3.05) is 0 Å². The third kappa shape index (κ3) is 3.73. The lowest BCUT2D eigenvalue weighted by Gasteiger charge is -2.43. The number of fused-ring (bicyclic) bond motifs is 3. The summed E-state index contributed by atoms with van der Waals surface area (Å²) >= 11 is 0. The molecule has 31 heavy (non-hydrogen) atoms. The van der Waals surface area contributed by atoms with Gasteiger partial charge in [-0.05, 0) is 42.9 Å². The number of hydrogen-bond donors (Lipinski definition) is 1. The number of esters is 1. The number of carboxylic acid groups (broad SMARTS) is 1. The second-order valence-corrected chi connectivity index (χ2v) is 8.37. The maximum absolute atomic E-state index is 12.3. The summed E-state index contributed by atoms with van der Waals surface area (Å²) in [5, 5.41) is 10.3. The van der Waals surface area contributed by atoms with Crippen molar-refractivity contribution >= 4 is 22.8 Å². The number of rotatable bonds is 7. The minimum absolute atomic E-state index is 0.333. The van der Waals surface area contributed by atoms with Crippen molar-refractivity contribution < 1.29 is 19.4 Å². The van der Waals surface area contributed by atoms with Gasteiger partial charge in [-0.2, -0.15) is 0 Å². The molecule has 2 aromatic carbocycles. The van der Waals surface area contributed by atoms with Crippen molar-refractivity contribution in [3.63, 3.8) is 0 Å². The first-order valence-electron chi connectivity index (χ1n) is 11.1. The molecule has 0 amide bonds. The topological polar surface area (TPSA) is 68.5 Å². The SMILES string of the molecule is CCC1(CC)c2c(c3ccccc3n2Cc2ccccc2)CCC1OC(=O)CC(=O)O. The maximum atomic E-state index is 12.3. The number of aromatic nitrogens is 1. The van der Waals surface area contributed by atoms with Crippen LogP contribution in [-0.4, -0.2) is 27.7 Å². The van der Waals surface area contributed by atoms with Gasteiger partial charge in [0.25, 0.3) is 0 Å². The molecule has 0 aliphatic heterocycles. The molecule has 4 rings (SSSR count). The highest BCUT2D eigenvalue weighted by Gasteiger charge is 2.47. The van der Waals surface area contributed by atoms with Gasteiger partial charge in [-0.25, -0.2) is 0 Å². The third-order valence-electron chi connectivity index (χ3n) is 6.83. The Kier molecular flexibility index (Phi) is 5.86. The van der Waals surface area contributed by atoms with Gasteiger partial charge >= 0.3 is 11.9 Å². The average molecular weight is 420 g/mol. The predicted octanol–water partition coefficient (Wildman–Crippen LogP) is 5.08. The highest BCUT2D eigenvalue weighted by Crippen LogP contribution is 2.48. The molecule has 1 aliphatic rings. The van der Waals surface area contributed by atoms with E-state index in [9.17, 15) is 9.59 Å². The first-order valence-corrected chi connectivity index (χ1v) is 11.1. The second-order valence-electron chi connectivity index (χ2n) is 8.37. The van der Waals surface area contributed by atoms with Crippen molar-refractivity contribution in [1.82, 2.24) is 4.57 Å². The lowest BCUT2D eigenvalue weighted by atomic mass is 9.67. The Balaban J connectivity index is 1.86. The number of aryl methyl sites for hydroxylation is 1. The average Bonchev–Trinajstić information content (AvgIpc) is 3.08. The summed E-state index contributed by atoms with van der Waals surface area (Å²) in [4.78, 5) is 23.3. The van der Waals surface area contributed by atoms with Crippen LogP contribution in [-0.2, 0) is 32.7 Å². The number of para-hydroxylation sites is 1. The largest absolute Gasteiger partial charge is 0.481 e. The number of benzene rings is 2. The van der Waals surface area contributed by atoms with Crippen molar-refractivity contribution in [1.29, 1.82) is 0 Å². The van der Waals surface area contributed by atoms with E-state index in [1.54, 1.807) is 0 Å². The minimum Gasteiger partial charge on any atom is -0.481 e. The van der Waals surface area contributed by atoms with Gasteiger partial charge in [-0.15, -0.1) is 0 Å². The van der Waals surface area contributed by atoms with Crippen LogP contribution in [0, 0.1) is 0 Å². The van der Waals surface area contributed by atoms with Gasteiger partial charge in [-0.3, -0.25) is 9.59 Å². The number of carbonyl (C=O) groups excluding carboxylic acids is 1. The van der Waals surface area contributed by atoms with E-state index in [1.165, 1.54) is 27.7 Å². The van der Waals surface area contributed by atoms with E-state index < -0.39 is 18.4 Å². The Morgan fingerprint density at radius 2 is 1.74 bits per heavy atom. The van der Waals surface area contributed by atoms with Crippen molar-refractivity contribution in [2.45, 2.75) is 64.0 Å². The first-order chi connectivity index (χ1) is 15.0. The monoisotopic (exact) mass is 419 g/mol. The summed E-state index contributed by atoms with van der Waals surface area (Å²) in [7, 11) is 0. The second kappa shape index (κ2) is 8.58. The van der Waals surface area contributed by atoms with E-state index in [2.05, 4.69) is 66.9 Å². The smallest absolute Gasteiger partial charge is 0.317 e. The van der Waals surface area contributed by atoms with Crippen LogP contribution >= 0.6 is 0 Å². The van der Waals surface area contributed by atoms with Crippen LogP contribution in [0.15, 0.2) is 54.6 Å². The van der Waals surface area contributed by atoms with Crippen LogP contribution in [0.2, 0.25) is 0 Å². The molecule has 1 heterocycles. The molecule has 1 aliphatic carbocycles. The van der Waals surface area contributed by atoms with E-state index in [0.29, 0.717) is 6.42 Å². The number of hydrogen-bond acceptors (Lipinski definition) is 3. The fourth-order valence-corrected chi connectivity index (χ4v) is 5.37. The first kappa shape index (κ1) is 21.2. The van der Waals surface area contributed by atoms with E-state index in [-0.39, 0.29) is 11.5 Å². The molecule has 1 unspecified atom stereocenters. The molecular weight excluding hydrogens is 390 g/mol. The molecule has 5 heteroatoms. The van der Waals surface area contributed by atoms with Crippen LogP contribution in [0.1, 0.15) is 56.4 Å². The fraction of sp³-hybridized carbons (Fsp3) is 0.385. The van der Waals surface area contributed by atoms with Crippen molar-refractivity contribution in [2.24, 2.45) is 0 Å². The lowest BCUT2D eigenvalue weighted by molar-refractivity contribution is -0.159. The Hall–Kier alpha value is -3.08. The van der Waals surface area contributed by atoms with Crippen LogP contribution in [0.25, 0.3) is 10.9 Å². The molecule has 0 saturated carbocycles. The van der Waals surface area contributed by atoms with Gasteiger partial charge in [-0.1, -0.05) is 62.4 Å². The van der Waals surface area contributed by atoms with Crippen molar-refractivity contribution in [3.8, 4) is 0 Å². The van der Waals surface area contributed by atoms with Gasteiger partial charge in [0.1, 0.15) is 12.5 Å². The van der Waals surface area contributed by atoms with Crippen LogP contribution in [0.5, 0.6) is 0 Å². The van der Waals surface area contributed by atoms with Gasteiger partial charge < -0.3 is 14.4 Å². The molecule has 5 nitrogen and oxygen atoms in total. The number of ether oxygens (including phenoxy) is 1. The Bertz CT molecular complexity index is 1100. The van der Waals surface area contributed by atoms with E-state index in [4.69, 9.17) is 9.84 Å². The summed E-state index contributed by atoms with van der Waals surface area (Å²) in [6.07, 6.45) is 2.21. The molecule has 1 atom stereocenters. The van der Waals surface area contributed by atoms with Crippen LogP contribution in [0.3, 0.4) is 0 Å².